The van der Waals surface area contributed by atoms with Crippen LogP contribution in [0.5, 0.6) is 11.5 Å². The highest BCUT2D eigenvalue weighted by atomic mass is 32.2. The normalized spacial score (nSPS) is 16.0. The van der Waals surface area contributed by atoms with Gasteiger partial charge in [0.05, 0.1) is 26.5 Å². The number of β-amino-alcohol motifs (C(OH)–C–C–N with tert-alkyl or cyclic N) is 1. The van der Waals surface area contributed by atoms with Crippen LogP contribution in [0.3, 0.4) is 0 Å². The lowest BCUT2D eigenvalue weighted by Gasteiger charge is -2.34. The van der Waals surface area contributed by atoms with Crippen LogP contribution in [0, 0.1) is 11.6 Å². The summed E-state index contributed by atoms with van der Waals surface area (Å²) < 4.78 is 37.0. The number of nitrogens with zero attached hydrogens (tertiary/aromatic N) is 1. The molecule has 144 valence electrons. The number of carbonyl (C=O) groups is 1. The number of carbonyl (C=O) groups excluding carboxylic acids is 1. The second-order valence-electron chi connectivity index (χ2n) is 6.02. The van der Waals surface area contributed by atoms with E-state index < -0.39 is 17.7 Å². The van der Waals surface area contributed by atoms with Crippen molar-refractivity contribution in [2.24, 2.45) is 0 Å². The molecule has 0 saturated heterocycles. The molecule has 0 saturated carbocycles. The Morgan fingerprint density at radius 3 is 2.56 bits per heavy atom. The number of aliphatic hydroxyl groups is 1. The van der Waals surface area contributed by atoms with Gasteiger partial charge in [-0.2, -0.15) is 0 Å². The molecule has 0 radical (unpaired) electrons. The van der Waals surface area contributed by atoms with Gasteiger partial charge in [0.25, 0.3) is 0 Å². The first-order chi connectivity index (χ1) is 12.9. The highest BCUT2D eigenvalue weighted by molar-refractivity contribution is 8.00. The van der Waals surface area contributed by atoms with Gasteiger partial charge in [-0.25, -0.2) is 8.78 Å². The summed E-state index contributed by atoms with van der Waals surface area (Å²) in [6.07, 6.45) is -0.906. The zero-order valence-corrected chi connectivity index (χ0v) is 15.7. The zero-order chi connectivity index (χ0) is 19.6. The van der Waals surface area contributed by atoms with E-state index in [1.165, 1.54) is 25.2 Å². The molecule has 0 bridgehead atoms. The second-order valence-corrected chi connectivity index (χ2v) is 7.07. The van der Waals surface area contributed by atoms with Gasteiger partial charge in [-0.1, -0.05) is 0 Å². The number of methoxy groups -OCH3 is 2. The van der Waals surface area contributed by atoms with Crippen LogP contribution in [0.2, 0.25) is 0 Å². The molecule has 8 heteroatoms. The van der Waals surface area contributed by atoms with Gasteiger partial charge in [-0.05, 0) is 30.3 Å². The number of fused-ring (bicyclic) bond motifs is 1. The topological polar surface area (TPSA) is 59.0 Å². The predicted molar refractivity (Wildman–Crippen MR) is 97.0 cm³/mol. The summed E-state index contributed by atoms with van der Waals surface area (Å²) in [5, 5.41) is 10.5. The van der Waals surface area contributed by atoms with Crippen LogP contribution < -0.4 is 9.47 Å². The van der Waals surface area contributed by atoms with Crippen molar-refractivity contribution in [1.29, 1.82) is 0 Å². The molecule has 1 aliphatic heterocycles. The number of halogens is 2. The van der Waals surface area contributed by atoms with Gasteiger partial charge in [-0.3, -0.25) is 4.79 Å². The first kappa shape index (κ1) is 19.4. The van der Waals surface area contributed by atoms with Crippen molar-refractivity contribution in [2.75, 3.05) is 26.5 Å². The molecular weight excluding hydrogens is 376 g/mol. The Bertz CT molecular complexity index is 862. The maximum absolute atomic E-state index is 13.3. The number of hydrogen-bond acceptors (Lipinski definition) is 5. The fourth-order valence-corrected chi connectivity index (χ4v) is 3.89. The van der Waals surface area contributed by atoms with E-state index in [0.717, 1.165) is 23.9 Å². The molecule has 0 aromatic heterocycles. The lowest BCUT2D eigenvalue weighted by Crippen LogP contribution is -2.39. The Hall–Kier alpha value is -2.32. The number of hydrogen-bond donors (Lipinski definition) is 1. The molecule has 1 amide bonds. The summed E-state index contributed by atoms with van der Waals surface area (Å²) >= 11 is 1.11. The van der Waals surface area contributed by atoms with Crippen molar-refractivity contribution in [1.82, 2.24) is 4.90 Å². The zero-order valence-electron chi connectivity index (χ0n) is 14.9. The SMILES string of the molecule is COc1ccc(OC)c2c1CN(C(=O)CSc1ccc(F)c(F)c1)C[C@H]2O. The van der Waals surface area contributed by atoms with Crippen molar-refractivity contribution in [3.63, 3.8) is 0 Å². The van der Waals surface area contributed by atoms with Crippen LogP contribution in [-0.4, -0.2) is 42.4 Å². The summed E-state index contributed by atoms with van der Waals surface area (Å²) in [7, 11) is 3.04. The minimum absolute atomic E-state index is 0.0411. The quantitative estimate of drug-likeness (QED) is 0.789. The number of ether oxygens (including phenoxy) is 2. The van der Waals surface area contributed by atoms with Crippen molar-refractivity contribution in [3.05, 3.63) is 53.1 Å². The van der Waals surface area contributed by atoms with E-state index >= 15 is 0 Å². The van der Waals surface area contributed by atoms with Gasteiger partial charge in [0.2, 0.25) is 5.91 Å². The third-order valence-electron chi connectivity index (χ3n) is 4.40. The van der Waals surface area contributed by atoms with E-state index in [2.05, 4.69) is 0 Å². The minimum Gasteiger partial charge on any atom is -0.496 e. The van der Waals surface area contributed by atoms with Crippen LogP contribution in [0.4, 0.5) is 8.78 Å². The third kappa shape index (κ3) is 4.01. The Kier molecular flexibility index (Phi) is 5.86. The van der Waals surface area contributed by atoms with E-state index in [4.69, 9.17) is 9.47 Å². The highest BCUT2D eigenvalue weighted by Crippen LogP contribution is 2.39. The van der Waals surface area contributed by atoms with Crippen LogP contribution in [0.15, 0.2) is 35.2 Å². The van der Waals surface area contributed by atoms with Crippen molar-refractivity contribution in [3.8, 4) is 11.5 Å². The predicted octanol–water partition coefficient (Wildman–Crippen LogP) is 3.15. The molecule has 5 nitrogen and oxygen atoms in total. The number of aliphatic hydroxyl groups excluding tert-OH is 1. The molecule has 0 spiro atoms. The Labute approximate surface area is 159 Å². The van der Waals surface area contributed by atoms with Gasteiger partial charge in [-0.15, -0.1) is 11.8 Å². The Morgan fingerprint density at radius 2 is 1.89 bits per heavy atom. The average molecular weight is 395 g/mol. The van der Waals surface area contributed by atoms with Crippen molar-refractivity contribution < 1.29 is 28.2 Å². The maximum Gasteiger partial charge on any atom is 0.233 e. The third-order valence-corrected chi connectivity index (χ3v) is 5.37. The number of rotatable bonds is 5. The number of thioether (sulfide) groups is 1. The minimum atomic E-state index is -0.952. The van der Waals surface area contributed by atoms with Crippen molar-refractivity contribution in [2.45, 2.75) is 17.5 Å². The molecule has 0 aliphatic carbocycles. The van der Waals surface area contributed by atoms with Crippen LogP contribution >= 0.6 is 11.8 Å². The number of benzene rings is 2. The van der Waals surface area contributed by atoms with E-state index in [1.807, 2.05) is 0 Å². The second kappa shape index (κ2) is 8.14. The summed E-state index contributed by atoms with van der Waals surface area (Å²) in [4.78, 5) is 14.6. The van der Waals surface area contributed by atoms with Crippen LogP contribution in [0.25, 0.3) is 0 Å². The average Bonchev–Trinajstić information content (AvgIpc) is 2.67. The smallest absolute Gasteiger partial charge is 0.233 e. The first-order valence-electron chi connectivity index (χ1n) is 8.22. The first-order valence-corrected chi connectivity index (χ1v) is 9.20. The van der Waals surface area contributed by atoms with E-state index in [1.54, 1.807) is 12.1 Å². The Morgan fingerprint density at radius 1 is 1.19 bits per heavy atom. The largest absolute Gasteiger partial charge is 0.496 e. The molecule has 1 heterocycles. The van der Waals surface area contributed by atoms with Gasteiger partial charge in [0, 0.05) is 22.6 Å². The van der Waals surface area contributed by atoms with Crippen molar-refractivity contribution >= 4 is 17.7 Å². The van der Waals surface area contributed by atoms with E-state index in [0.29, 0.717) is 27.5 Å². The molecule has 1 aliphatic rings. The van der Waals surface area contributed by atoms with E-state index in [-0.39, 0.29) is 24.7 Å². The molecule has 0 fully saturated rings. The molecule has 2 aromatic carbocycles. The van der Waals surface area contributed by atoms with Gasteiger partial charge in [0.15, 0.2) is 11.6 Å². The molecular formula is C19H19F2NO4S. The summed E-state index contributed by atoms with van der Waals surface area (Å²) in [6.45, 7) is 0.387. The molecule has 27 heavy (non-hydrogen) atoms. The molecule has 0 unspecified atom stereocenters. The molecule has 3 rings (SSSR count). The summed E-state index contributed by atoms with van der Waals surface area (Å²) in [5.74, 6) is -0.954. The number of amides is 1. The lowest BCUT2D eigenvalue weighted by molar-refractivity contribution is -0.131. The summed E-state index contributed by atoms with van der Waals surface area (Å²) in [5.41, 5.74) is 1.32. The maximum atomic E-state index is 13.3. The van der Waals surface area contributed by atoms with Gasteiger partial charge >= 0.3 is 0 Å². The van der Waals surface area contributed by atoms with Crippen LogP contribution in [-0.2, 0) is 11.3 Å². The standard InChI is InChI=1S/C19H19F2NO4S/c1-25-16-5-6-17(26-2)19-12(16)8-22(9-15(19)23)18(24)10-27-11-3-4-13(20)14(21)7-11/h3-7,15,23H,8-10H2,1-2H3/t15-/m1/s1. The Balaban J connectivity index is 1.75. The highest BCUT2D eigenvalue weighted by Gasteiger charge is 2.31. The van der Waals surface area contributed by atoms with Gasteiger partial charge < -0.3 is 19.5 Å². The fourth-order valence-electron chi connectivity index (χ4n) is 3.07. The molecule has 1 N–H and O–H groups in total. The van der Waals surface area contributed by atoms with Crippen LogP contribution in [0.1, 0.15) is 17.2 Å². The summed E-state index contributed by atoms with van der Waals surface area (Å²) in [6, 6.07) is 6.96. The monoisotopic (exact) mass is 395 g/mol. The fraction of sp³-hybridized carbons (Fsp3) is 0.316. The molecule has 1 atom stereocenters. The lowest BCUT2D eigenvalue weighted by atomic mass is 9.95. The van der Waals surface area contributed by atoms with E-state index in [9.17, 15) is 18.7 Å². The van der Waals surface area contributed by atoms with Gasteiger partial charge in [0.1, 0.15) is 17.6 Å². The molecule has 2 aromatic rings.